The van der Waals surface area contributed by atoms with Crippen LogP contribution in [0.15, 0.2) is 0 Å². The van der Waals surface area contributed by atoms with Crippen molar-refractivity contribution in [2.45, 2.75) is 63.6 Å². The predicted octanol–water partition coefficient (Wildman–Crippen LogP) is 0.943. The van der Waals surface area contributed by atoms with Crippen LogP contribution in [-0.4, -0.2) is 55.4 Å². The third kappa shape index (κ3) is 3.26. The molecule has 2 heterocycles. The summed E-state index contributed by atoms with van der Waals surface area (Å²) >= 11 is 0. The zero-order chi connectivity index (χ0) is 15.0. The predicted molar refractivity (Wildman–Crippen MR) is 81.7 cm³/mol. The van der Waals surface area contributed by atoms with E-state index in [9.17, 15) is 13.2 Å². The smallest absolute Gasteiger partial charge is 0.240 e. The third-order valence-electron chi connectivity index (χ3n) is 5.40. The highest BCUT2D eigenvalue weighted by Crippen LogP contribution is 2.32. The summed E-state index contributed by atoms with van der Waals surface area (Å²) in [5.74, 6) is 1.07. The summed E-state index contributed by atoms with van der Waals surface area (Å²) in [4.78, 5) is 14.5. The molecule has 0 spiro atoms. The van der Waals surface area contributed by atoms with Crippen molar-refractivity contribution in [2.24, 2.45) is 5.92 Å². The molecule has 3 aliphatic rings. The Balaban J connectivity index is 1.63. The van der Waals surface area contributed by atoms with E-state index in [-0.39, 0.29) is 29.5 Å². The molecule has 3 fully saturated rings. The standard InChI is InChI=1S/C15H26N2O3S/c1-11-10-21(19,20)9-8-17(11)15(18)14-7-6-12-4-2-3-5-13(12)16-14/h11-14,16H,2-10H2,1H3. The molecule has 4 unspecified atom stereocenters. The topological polar surface area (TPSA) is 66.5 Å². The highest BCUT2D eigenvalue weighted by molar-refractivity contribution is 7.91. The second-order valence-corrected chi connectivity index (χ2v) is 9.17. The van der Waals surface area contributed by atoms with Crippen molar-refractivity contribution in [3.63, 3.8) is 0 Å². The second kappa shape index (κ2) is 5.88. The maximum Gasteiger partial charge on any atom is 0.240 e. The lowest BCUT2D eigenvalue weighted by Gasteiger charge is -2.43. The maximum absolute atomic E-state index is 12.7. The molecule has 21 heavy (non-hydrogen) atoms. The minimum absolute atomic E-state index is 0.104. The largest absolute Gasteiger partial charge is 0.337 e. The number of nitrogens with one attached hydrogen (secondary N) is 1. The zero-order valence-corrected chi connectivity index (χ0v) is 13.6. The third-order valence-corrected chi connectivity index (χ3v) is 7.20. The molecule has 120 valence electrons. The molecule has 2 saturated heterocycles. The number of hydrogen-bond donors (Lipinski definition) is 1. The van der Waals surface area contributed by atoms with Crippen LogP contribution in [0.3, 0.4) is 0 Å². The van der Waals surface area contributed by atoms with E-state index < -0.39 is 9.84 Å². The molecule has 4 atom stereocenters. The number of rotatable bonds is 1. The first-order valence-corrected chi connectivity index (χ1v) is 10.1. The summed E-state index contributed by atoms with van der Waals surface area (Å²) in [5.41, 5.74) is 0. The Bertz CT molecular complexity index is 505. The minimum atomic E-state index is -2.96. The molecule has 3 rings (SSSR count). The van der Waals surface area contributed by atoms with Crippen LogP contribution in [0.2, 0.25) is 0 Å². The van der Waals surface area contributed by atoms with Crippen LogP contribution < -0.4 is 5.32 Å². The van der Waals surface area contributed by atoms with E-state index >= 15 is 0 Å². The Morgan fingerprint density at radius 1 is 1.14 bits per heavy atom. The SMILES string of the molecule is CC1CS(=O)(=O)CCN1C(=O)C1CCC2CCCCC2N1. The van der Waals surface area contributed by atoms with Gasteiger partial charge >= 0.3 is 0 Å². The van der Waals surface area contributed by atoms with E-state index in [2.05, 4.69) is 5.32 Å². The first-order chi connectivity index (χ1) is 9.96. The number of carbonyl (C=O) groups is 1. The van der Waals surface area contributed by atoms with Gasteiger partial charge in [0, 0.05) is 18.6 Å². The van der Waals surface area contributed by atoms with Crippen LogP contribution in [0.1, 0.15) is 45.4 Å². The number of nitrogens with zero attached hydrogens (tertiary/aromatic N) is 1. The number of carbonyl (C=O) groups excluding carboxylic acids is 1. The number of sulfone groups is 1. The molecule has 1 amide bonds. The average Bonchev–Trinajstić information content (AvgIpc) is 2.45. The molecule has 0 bridgehead atoms. The van der Waals surface area contributed by atoms with Gasteiger partial charge in [0.25, 0.3) is 0 Å². The van der Waals surface area contributed by atoms with Crippen LogP contribution in [0.4, 0.5) is 0 Å². The number of hydrogen-bond acceptors (Lipinski definition) is 4. The second-order valence-electron chi connectivity index (χ2n) is 6.94. The summed E-state index contributed by atoms with van der Waals surface area (Å²) in [6.45, 7) is 2.20. The fourth-order valence-corrected chi connectivity index (χ4v) is 5.77. The highest BCUT2D eigenvalue weighted by Gasteiger charge is 2.39. The monoisotopic (exact) mass is 314 g/mol. The van der Waals surface area contributed by atoms with E-state index in [1.54, 1.807) is 4.90 Å². The Hall–Kier alpha value is -0.620. The van der Waals surface area contributed by atoms with Crippen molar-refractivity contribution < 1.29 is 13.2 Å². The van der Waals surface area contributed by atoms with E-state index in [0.29, 0.717) is 12.6 Å². The molecule has 1 saturated carbocycles. The summed E-state index contributed by atoms with van der Waals surface area (Å²) in [7, 11) is -2.96. The van der Waals surface area contributed by atoms with Gasteiger partial charge in [-0.1, -0.05) is 12.8 Å². The van der Waals surface area contributed by atoms with Crippen molar-refractivity contribution in [3.8, 4) is 0 Å². The first kappa shape index (κ1) is 15.3. The summed E-state index contributed by atoms with van der Waals surface area (Å²) < 4.78 is 23.3. The lowest BCUT2D eigenvalue weighted by molar-refractivity contribution is -0.136. The Labute approximate surface area is 127 Å². The van der Waals surface area contributed by atoms with Crippen molar-refractivity contribution >= 4 is 15.7 Å². The van der Waals surface area contributed by atoms with Crippen molar-refractivity contribution in [3.05, 3.63) is 0 Å². The average molecular weight is 314 g/mol. The Morgan fingerprint density at radius 3 is 2.67 bits per heavy atom. The van der Waals surface area contributed by atoms with Gasteiger partial charge in [0.15, 0.2) is 9.84 Å². The molecule has 0 aromatic rings. The lowest BCUT2D eigenvalue weighted by Crippen LogP contribution is -2.59. The van der Waals surface area contributed by atoms with Crippen LogP contribution >= 0.6 is 0 Å². The van der Waals surface area contributed by atoms with Gasteiger partial charge in [-0.3, -0.25) is 4.79 Å². The maximum atomic E-state index is 12.7. The Kier molecular flexibility index (Phi) is 4.28. The highest BCUT2D eigenvalue weighted by atomic mass is 32.2. The van der Waals surface area contributed by atoms with Gasteiger partial charge in [-0.15, -0.1) is 0 Å². The van der Waals surface area contributed by atoms with Crippen LogP contribution in [-0.2, 0) is 14.6 Å². The first-order valence-electron chi connectivity index (χ1n) is 8.23. The molecular formula is C15H26N2O3S. The molecule has 5 nitrogen and oxygen atoms in total. The van der Waals surface area contributed by atoms with E-state index in [1.165, 1.54) is 25.7 Å². The number of fused-ring (bicyclic) bond motifs is 1. The van der Waals surface area contributed by atoms with Crippen molar-refractivity contribution in [1.29, 1.82) is 0 Å². The normalized spacial score (nSPS) is 39.6. The van der Waals surface area contributed by atoms with E-state index in [0.717, 1.165) is 18.8 Å². The van der Waals surface area contributed by atoms with Gasteiger partial charge < -0.3 is 10.2 Å². The number of amides is 1. The Morgan fingerprint density at radius 2 is 1.90 bits per heavy atom. The zero-order valence-electron chi connectivity index (χ0n) is 12.8. The molecular weight excluding hydrogens is 288 g/mol. The fourth-order valence-electron chi connectivity index (χ4n) is 4.22. The van der Waals surface area contributed by atoms with Crippen molar-refractivity contribution in [1.82, 2.24) is 10.2 Å². The van der Waals surface area contributed by atoms with Crippen LogP contribution in [0.5, 0.6) is 0 Å². The van der Waals surface area contributed by atoms with Gasteiger partial charge in [-0.25, -0.2) is 8.42 Å². The van der Waals surface area contributed by atoms with E-state index in [1.807, 2.05) is 6.92 Å². The molecule has 6 heteroatoms. The van der Waals surface area contributed by atoms with Gasteiger partial charge in [0.2, 0.25) is 5.91 Å². The van der Waals surface area contributed by atoms with Gasteiger partial charge in [-0.05, 0) is 38.5 Å². The van der Waals surface area contributed by atoms with Crippen LogP contribution in [0.25, 0.3) is 0 Å². The summed E-state index contributed by atoms with van der Waals surface area (Å²) in [6.07, 6.45) is 7.08. The molecule has 2 aliphatic heterocycles. The van der Waals surface area contributed by atoms with Gasteiger partial charge in [-0.2, -0.15) is 0 Å². The minimum Gasteiger partial charge on any atom is -0.337 e. The van der Waals surface area contributed by atoms with Gasteiger partial charge in [0.05, 0.1) is 17.5 Å². The van der Waals surface area contributed by atoms with Crippen molar-refractivity contribution in [2.75, 3.05) is 18.1 Å². The van der Waals surface area contributed by atoms with Crippen LogP contribution in [0, 0.1) is 5.92 Å². The lowest BCUT2D eigenvalue weighted by atomic mass is 9.77. The molecule has 1 aliphatic carbocycles. The summed E-state index contributed by atoms with van der Waals surface area (Å²) in [5, 5.41) is 3.55. The fraction of sp³-hybridized carbons (Fsp3) is 0.933. The van der Waals surface area contributed by atoms with Gasteiger partial charge in [0.1, 0.15) is 0 Å². The molecule has 0 aromatic carbocycles. The quantitative estimate of drug-likeness (QED) is 0.782. The molecule has 0 aromatic heterocycles. The molecule has 1 N–H and O–H groups in total. The summed E-state index contributed by atoms with van der Waals surface area (Å²) in [6, 6.07) is 0.194. The number of piperidine rings is 1. The van der Waals surface area contributed by atoms with E-state index in [4.69, 9.17) is 0 Å². The molecule has 0 radical (unpaired) electrons.